The Balaban J connectivity index is 1.89. The van der Waals surface area contributed by atoms with Crippen molar-refractivity contribution in [2.24, 2.45) is 22.7 Å². The zero-order valence-electron chi connectivity index (χ0n) is 15.3. The van der Waals surface area contributed by atoms with Crippen molar-refractivity contribution in [3.05, 3.63) is 29.3 Å². The van der Waals surface area contributed by atoms with Crippen LogP contribution in [-0.4, -0.2) is 31.3 Å². The predicted octanol–water partition coefficient (Wildman–Crippen LogP) is 4.47. The van der Waals surface area contributed by atoms with Crippen molar-refractivity contribution in [3.8, 4) is 0 Å². The van der Waals surface area contributed by atoms with Gasteiger partial charge in [0.15, 0.2) is 0 Å². The zero-order valence-corrected chi connectivity index (χ0v) is 15.3. The number of hydrogen-bond acceptors (Lipinski definition) is 3. The summed E-state index contributed by atoms with van der Waals surface area (Å²) in [7, 11) is 1.41. The van der Waals surface area contributed by atoms with Crippen LogP contribution in [0.2, 0.25) is 0 Å². The van der Waals surface area contributed by atoms with Crippen LogP contribution >= 0.6 is 0 Å². The molecule has 0 spiro atoms. The van der Waals surface area contributed by atoms with E-state index in [1.165, 1.54) is 19.0 Å². The van der Waals surface area contributed by atoms with E-state index in [2.05, 4.69) is 30.2 Å². The smallest absolute Gasteiger partial charge is 0.277 e. The summed E-state index contributed by atoms with van der Waals surface area (Å²) in [6, 6.07) is 5.87. The number of nitrogens with one attached hydrogen (secondary N) is 2. The van der Waals surface area contributed by atoms with Crippen LogP contribution in [0.4, 0.5) is 14.5 Å². The number of aliphatic imine (C=N–C) groups is 1. The van der Waals surface area contributed by atoms with Gasteiger partial charge in [-0.1, -0.05) is 26.0 Å². The third kappa shape index (κ3) is 3.06. The topological polar surface area (TPSA) is 65.3 Å². The Kier molecular flexibility index (Phi) is 5.21. The summed E-state index contributed by atoms with van der Waals surface area (Å²) in [4.78, 5) is 16.3. The Hall–Kier alpha value is -2.11. The van der Waals surface area contributed by atoms with Crippen molar-refractivity contribution in [2.45, 2.75) is 45.0 Å². The maximum absolute atomic E-state index is 12.9. The number of amides is 1. The number of halogens is 2. The number of alkyl halides is 2. The summed E-state index contributed by atoms with van der Waals surface area (Å²) in [6.45, 7) is 4.47. The van der Waals surface area contributed by atoms with E-state index in [-0.39, 0.29) is 0 Å². The van der Waals surface area contributed by atoms with Gasteiger partial charge in [0.05, 0.1) is 5.71 Å². The first-order chi connectivity index (χ1) is 12.4. The fourth-order valence-corrected chi connectivity index (χ4v) is 4.87. The molecule has 3 rings (SSSR count). The van der Waals surface area contributed by atoms with E-state index in [0.29, 0.717) is 29.4 Å². The highest BCUT2D eigenvalue weighted by Gasteiger charge is 2.48. The highest BCUT2D eigenvalue weighted by molar-refractivity contribution is 6.19. The molecule has 0 aliphatic heterocycles. The van der Waals surface area contributed by atoms with Gasteiger partial charge in [0, 0.05) is 18.9 Å². The third-order valence-corrected chi connectivity index (χ3v) is 5.81. The van der Waals surface area contributed by atoms with Crippen LogP contribution in [0, 0.1) is 23.2 Å². The SMILES string of the molecule is CN=CC(C(=N)C(F)F)C(=O)Nc1cccc2c1C1CCC2C1C(C)C. The molecule has 1 amide bonds. The van der Waals surface area contributed by atoms with Gasteiger partial charge < -0.3 is 10.7 Å². The highest BCUT2D eigenvalue weighted by atomic mass is 19.3. The van der Waals surface area contributed by atoms with Gasteiger partial charge in [0.25, 0.3) is 6.43 Å². The predicted molar refractivity (Wildman–Crippen MR) is 99.8 cm³/mol. The lowest BCUT2D eigenvalue weighted by molar-refractivity contribution is -0.116. The van der Waals surface area contributed by atoms with Crippen molar-refractivity contribution >= 4 is 23.5 Å². The molecule has 0 radical (unpaired) electrons. The summed E-state index contributed by atoms with van der Waals surface area (Å²) >= 11 is 0. The number of carbonyl (C=O) groups excluding carboxylic acids is 1. The maximum atomic E-state index is 12.9. The molecular weight excluding hydrogens is 336 g/mol. The standard InChI is InChI=1S/C20H25F2N3O/c1-10(2)16-12-7-8-13(16)17-11(12)5-4-6-15(17)25-20(26)14(9-24-3)18(23)19(21)22/h4-6,9-10,12-14,16,19,23H,7-8H2,1-3H3,(H,25,26). The monoisotopic (exact) mass is 361 g/mol. The van der Waals surface area contributed by atoms with E-state index in [4.69, 9.17) is 5.41 Å². The van der Waals surface area contributed by atoms with Crippen LogP contribution in [-0.2, 0) is 4.79 Å². The molecule has 2 N–H and O–H groups in total. The number of hydrogen-bond donors (Lipinski definition) is 2. The van der Waals surface area contributed by atoms with E-state index in [0.717, 1.165) is 18.2 Å². The highest BCUT2D eigenvalue weighted by Crippen LogP contribution is 2.61. The summed E-state index contributed by atoms with van der Waals surface area (Å²) in [5.41, 5.74) is 2.21. The first-order valence-corrected chi connectivity index (χ1v) is 9.09. The average Bonchev–Trinajstić information content (AvgIpc) is 3.16. The zero-order chi connectivity index (χ0) is 19.0. The second-order valence-corrected chi connectivity index (χ2v) is 7.55. The Morgan fingerprint density at radius 3 is 2.62 bits per heavy atom. The van der Waals surface area contributed by atoms with E-state index in [1.807, 2.05) is 12.1 Å². The van der Waals surface area contributed by atoms with Crippen molar-refractivity contribution in [3.63, 3.8) is 0 Å². The molecule has 0 heterocycles. The molecule has 0 aromatic heterocycles. The van der Waals surface area contributed by atoms with Gasteiger partial charge in [-0.2, -0.15) is 0 Å². The maximum Gasteiger partial charge on any atom is 0.277 e. The lowest BCUT2D eigenvalue weighted by Crippen LogP contribution is -2.34. The number of benzene rings is 1. The second kappa shape index (κ2) is 7.25. The molecule has 4 unspecified atom stereocenters. The van der Waals surface area contributed by atoms with Crippen LogP contribution in [0.15, 0.2) is 23.2 Å². The lowest BCUT2D eigenvalue weighted by Gasteiger charge is -2.22. The van der Waals surface area contributed by atoms with Gasteiger partial charge in [-0.15, -0.1) is 0 Å². The molecule has 2 bridgehead atoms. The molecule has 0 saturated heterocycles. The summed E-state index contributed by atoms with van der Waals surface area (Å²) in [5, 5.41) is 10.3. The first-order valence-electron chi connectivity index (χ1n) is 9.09. The third-order valence-electron chi connectivity index (χ3n) is 5.81. The van der Waals surface area contributed by atoms with E-state index in [9.17, 15) is 13.6 Å². The Labute approximate surface area is 152 Å². The van der Waals surface area contributed by atoms with Gasteiger partial charge in [-0.25, -0.2) is 8.78 Å². The number of fused-ring (bicyclic) bond motifs is 5. The van der Waals surface area contributed by atoms with Crippen molar-refractivity contribution in [2.75, 3.05) is 12.4 Å². The van der Waals surface area contributed by atoms with Crippen molar-refractivity contribution in [1.82, 2.24) is 0 Å². The molecule has 4 atom stereocenters. The number of anilines is 1. The summed E-state index contributed by atoms with van der Waals surface area (Å²) in [5.74, 6) is 0.0536. The van der Waals surface area contributed by atoms with Crippen LogP contribution in [0.5, 0.6) is 0 Å². The molecule has 4 nitrogen and oxygen atoms in total. The van der Waals surface area contributed by atoms with Gasteiger partial charge in [0.1, 0.15) is 5.92 Å². The first kappa shape index (κ1) is 18.7. The largest absolute Gasteiger partial charge is 0.325 e. The van der Waals surface area contributed by atoms with Gasteiger partial charge in [-0.05, 0) is 53.7 Å². The molecular formula is C20H25F2N3O. The Bertz CT molecular complexity index is 745. The fraction of sp³-hybridized carbons (Fsp3) is 0.550. The van der Waals surface area contributed by atoms with Crippen LogP contribution < -0.4 is 5.32 Å². The summed E-state index contributed by atoms with van der Waals surface area (Å²) in [6.07, 6.45) is 0.390. The van der Waals surface area contributed by atoms with E-state index >= 15 is 0 Å². The quantitative estimate of drug-likeness (QED) is 0.721. The van der Waals surface area contributed by atoms with Crippen molar-refractivity contribution in [1.29, 1.82) is 5.41 Å². The lowest BCUT2D eigenvalue weighted by atomic mass is 9.84. The fourth-order valence-electron chi connectivity index (χ4n) is 4.87. The molecule has 1 aromatic rings. The van der Waals surface area contributed by atoms with Crippen LogP contribution in [0.25, 0.3) is 0 Å². The normalized spacial score (nSPS) is 25.1. The minimum Gasteiger partial charge on any atom is -0.325 e. The summed E-state index contributed by atoms with van der Waals surface area (Å²) < 4.78 is 25.8. The number of rotatable bonds is 6. The molecule has 2 aliphatic carbocycles. The van der Waals surface area contributed by atoms with E-state index < -0.39 is 24.0 Å². The molecule has 2 aliphatic rings. The van der Waals surface area contributed by atoms with Crippen molar-refractivity contribution < 1.29 is 13.6 Å². The minimum absolute atomic E-state index is 0.402. The van der Waals surface area contributed by atoms with E-state index in [1.54, 1.807) is 0 Å². The molecule has 1 saturated carbocycles. The van der Waals surface area contributed by atoms with Gasteiger partial charge in [-0.3, -0.25) is 9.79 Å². The number of nitrogens with zero attached hydrogens (tertiary/aromatic N) is 1. The Morgan fingerprint density at radius 2 is 2.00 bits per heavy atom. The second-order valence-electron chi connectivity index (χ2n) is 7.55. The minimum atomic E-state index is -2.98. The molecule has 1 aromatic carbocycles. The number of carbonyl (C=O) groups is 1. The molecule has 1 fully saturated rings. The van der Waals surface area contributed by atoms with Crippen LogP contribution in [0.1, 0.15) is 49.7 Å². The molecule has 6 heteroatoms. The van der Waals surface area contributed by atoms with Gasteiger partial charge >= 0.3 is 0 Å². The molecule has 26 heavy (non-hydrogen) atoms. The van der Waals surface area contributed by atoms with Gasteiger partial charge in [0.2, 0.25) is 5.91 Å². The average molecular weight is 361 g/mol. The molecule has 140 valence electrons. The van der Waals surface area contributed by atoms with Crippen LogP contribution in [0.3, 0.4) is 0 Å². The Morgan fingerprint density at radius 1 is 1.31 bits per heavy atom.